The maximum atomic E-state index is 12.2. The number of hydrogen-bond donors (Lipinski definition) is 2. The molecular formula is C16H21N5O. The Balaban J connectivity index is 1.61. The van der Waals surface area contributed by atoms with Crippen molar-refractivity contribution in [1.82, 2.24) is 25.4 Å². The Labute approximate surface area is 129 Å². The van der Waals surface area contributed by atoms with Gasteiger partial charge in [0.25, 0.3) is 0 Å². The van der Waals surface area contributed by atoms with E-state index in [4.69, 9.17) is 0 Å². The molecule has 22 heavy (non-hydrogen) atoms. The Bertz CT molecular complexity index is 605. The van der Waals surface area contributed by atoms with E-state index in [9.17, 15) is 4.79 Å². The fraction of sp³-hybridized carbons (Fsp3) is 0.438. The third-order valence-electron chi connectivity index (χ3n) is 4.00. The Morgan fingerprint density at radius 2 is 2.18 bits per heavy atom. The van der Waals surface area contributed by atoms with Gasteiger partial charge < -0.3 is 10.6 Å². The van der Waals surface area contributed by atoms with Gasteiger partial charge in [0.2, 0.25) is 5.91 Å². The fourth-order valence-corrected chi connectivity index (χ4v) is 2.75. The van der Waals surface area contributed by atoms with E-state index in [0.717, 1.165) is 36.9 Å². The van der Waals surface area contributed by atoms with Crippen molar-refractivity contribution >= 4 is 5.91 Å². The lowest BCUT2D eigenvalue weighted by Crippen LogP contribution is -2.46. The van der Waals surface area contributed by atoms with Crippen LogP contribution in [0.5, 0.6) is 0 Å². The highest BCUT2D eigenvalue weighted by Crippen LogP contribution is 2.11. The van der Waals surface area contributed by atoms with Crippen LogP contribution in [0.25, 0.3) is 0 Å². The molecule has 1 amide bonds. The van der Waals surface area contributed by atoms with Crippen LogP contribution in [0.15, 0.2) is 36.9 Å². The van der Waals surface area contributed by atoms with Crippen molar-refractivity contribution < 1.29 is 4.79 Å². The number of carbonyl (C=O) groups is 1. The van der Waals surface area contributed by atoms with Gasteiger partial charge in [-0.2, -0.15) is 5.10 Å². The number of amides is 1. The van der Waals surface area contributed by atoms with Crippen molar-refractivity contribution in [2.24, 2.45) is 0 Å². The molecule has 3 rings (SSSR count). The van der Waals surface area contributed by atoms with Gasteiger partial charge in [-0.25, -0.2) is 9.67 Å². The number of benzene rings is 1. The Kier molecular flexibility index (Phi) is 4.80. The summed E-state index contributed by atoms with van der Waals surface area (Å²) < 4.78 is 1.78. The second kappa shape index (κ2) is 7.17. The number of nitrogens with zero attached hydrogens (tertiary/aromatic N) is 3. The predicted octanol–water partition coefficient (Wildman–Crippen LogP) is 1.08. The van der Waals surface area contributed by atoms with E-state index in [0.29, 0.717) is 13.1 Å². The smallest absolute Gasteiger partial charge is 0.237 e. The van der Waals surface area contributed by atoms with Crippen LogP contribution in [0.2, 0.25) is 0 Å². The van der Waals surface area contributed by atoms with Gasteiger partial charge in [-0.1, -0.05) is 30.7 Å². The topological polar surface area (TPSA) is 71.8 Å². The zero-order chi connectivity index (χ0) is 15.2. The monoisotopic (exact) mass is 299 g/mol. The number of hydrogen-bond acceptors (Lipinski definition) is 4. The normalized spacial score (nSPS) is 18.1. The third kappa shape index (κ3) is 3.71. The zero-order valence-corrected chi connectivity index (χ0v) is 12.5. The first kappa shape index (κ1) is 14.7. The highest BCUT2D eigenvalue weighted by atomic mass is 16.2. The van der Waals surface area contributed by atoms with Crippen molar-refractivity contribution in [3.63, 3.8) is 0 Å². The van der Waals surface area contributed by atoms with Crippen molar-refractivity contribution in [1.29, 1.82) is 0 Å². The summed E-state index contributed by atoms with van der Waals surface area (Å²) in [7, 11) is 0. The fourth-order valence-electron chi connectivity index (χ4n) is 2.75. The number of carbonyl (C=O) groups excluding carboxylic acids is 1. The quantitative estimate of drug-likeness (QED) is 0.867. The Morgan fingerprint density at radius 1 is 1.32 bits per heavy atom. The lowest BCUT2D eigenvalue weighted by atomic mass is 10.0. The van der Waals surface area contributed by atoms with E-state index in [1.807, 2.05) is 18.2 Å². The number of aromatic nitrogens is 3. The van der Waals surface area contributed by atoms with Gasteiger partial charge in [0.15, 0.2) is 0 Å². The number of rotatable bonds is 5. The molecule has 1 atom stereocenters. The standard InChI is InChI=1S/C16H21N5O/c22-16(15-7-3-4-8-18-15)19-9-13-5-1-2-6-14(13)10-21-12-17-11-20-21/h1-2,5-6,11-12,15,18H,3-4,7-10H2,(H,19,22)/t15-/m1/s1. The molecule has 0 spiro atoms. The lowest BCUT2D eigenvalue weighted by molar-refractivity contribution is -0.123. The van der Waals surface area contributed by atoms with E-state index >= 15 is 0 Å². The lowest BCUT2D eigenvalue weighted by Gasteiger charge is -2.22. The molecule has 0 radical (unpaired) electrons. The largest absolute Gasteiger partial charge is 0.351 e. The van der Waals surface area contributed by atoms with Crippen LogP contribution < -0.4 is 10.6 Å². The average molecular weight is 299 g/mol. The minimum Gasteiger partial charge on any atom is -0.351 e. The summed E-state index contributed by atoms with van der Waals surface area (Å²) in [5.41, 5.74) is 2.26. The molecular weight excluding hydrogens is 278 g/mol. The highest BCUT2D eigenvalue weighted by molar-refractivity contribution is 5.81. The van der Waals surface area contributed by atoms with Gasteiger partial charge in [0.05, 0.1) is 12.6 Å². The van der Waals surface area contributed by atoms with Crippen LogP contribution in [0.3, 0.4) is 0 Å². The van der Waals surface area contributed by atoms with Crippen molar-refractivity contribution in [3.8, 4) is 0 Å². The molecule has 2 N–H and O–H groups in total. The van der Waals surface area contributed by atoms with Crippen LogP contribution >= 0.6 is 0 Å². The van der Waals surface area contributed by atoms with Crippen LogP contribution in [0.4, 0.5) is 0 Å². The average Bonchev–Trinajstić information content (AvgIpc) is 3.07. The highest BCUT2D eigenvalue weighted by Gasteiger charge is 2.20. The van der Waals surface area contributed by atoms with Gasteiger partial charge in [-0.3, -0.25) is 4.79 Å². The summed E-state index contributed by atoms with van der Waals surface area (Å²) in [6, 6.07) is 8.05. The van der Waals surface area contributed by atoms with Crippen LogP contribution in [-0.2, 0) is 17.9 Å². The molecule has 1 aliphatic heterocycles. The predicted molar refractivity (Wildman–Crippen MR) is 83.1 cm³/mol. The number of nitrogens with one attached hydrogen (secondary N) is 2. The minimum atomic E-state index is -0.0452. The first-order valence-corrected chi connectivity index (χ1v) is 7.73. The molecule has 1 aromatic heterocycles. The zero-order valence-electron chi connectivity index (χ0n) is 12.5. The Hall–Kier alpha value is -2.21. The molecule has 1 fully saturated rings. The molecule has 1 aliphatic rings. The molecule has 116 valence electrons. The van der Waals surface area contributed by atoms with Gasteiger partial charge in [0, 0.05) is 6.54 Å². The number of piperidine rings is 1. The van der Waals surface area contributed by atoms with Crippen LogP contribution in [-0.4, -0.2) is 33.3 Å². The SMILES string of the molecule is O=C(NCc1ccccc1Cn1cncn1)[C@H]1CCCCN1. The minimum absolute atomic E-state index is 0.0452. The molecule has 0 bridgehead atoms. The molecule has 1 aromatic carbocycles. The van der Waals surface area contributed by atoms with E-state index in [-0.39, 0.29) is 11.9 Å². The van der Waals surface area contributed by atoms with E-state index in [1.54, 1.807) is 11.0 Å². The molecule has 2 aromatic rings. The summed E-state index contributed by atoms with van der Waals surface area (Å²) in [5.74, 6) is 0.0928. The van der Waals surface area contributed by atoms with Crippen molar-refractivity contribution in [2.75, 3.05) is 6.54 Å². The second-order valence-corrected chi connectivity index (χ2v) is 5.58. The molecule has 6 heteroatoms. The van der Waals surface area contributed by atoms with Crippen LogP contribution in [0.1, 0.15) is 30.4 Å². The molecule has 0 unspecified atom stereocenters. The summed E-state index contributed by atoms with van der Waals surface area (Å²) in [6.07, 6.45) is 6.42. The first-order valence-electron chi connectivity index (χ1n) is 7.73. The maximum absolute atomic E-state index is 12.2. The Morgan fingerprint density at radius 3 is 2.91 bits per heavy atom. The third-order valence-corrected chi connectivity index (χ3v) is 4.00. The maximum Gasteiger partial charge on any atom is 0.237 e. The summed E-state index contributed by atoms with van der Waals surface area (Å²) in [6.45, 7) is 2.14. The van der Waals surface area contributed by atoms with E-state index in [2.05, 4.69) is 26.8 Å². The van der Waals surface area contributed by atoms with E-state index in [1.165, 1.54) is 6.33 Å². The van der Waals surface area contributed by atoms with Crippen molar-refractivity contribution in [3.05, 3.63) is 48.0 Å². The molecule has 2 heterocycles. The molecule has 1 saturated heterocycles. The van der Waals surface area contributed by atoms with Gasteiger partial charge in [-0.05, 0) is 30.5 Å². The molecule has 0 saturated carbocycles. The van der Waals surface area contributed by atoms with E-state index < -0.39 is 0 Å². The van der Waals surface area contributed by atoms with Gasteiger partial charge in [-0.15, -0.1) is 0 Å². The summed E-state index contributed by atoms with van der Waals surface area (Å²) in [5, 5.41) is 10.4. The second-order valence-electron chi connectivity index (χ2n) is 5.58. The van der Waals surface area contributed by atoms with Crippen LogP contribution in [0, 0.1) is 0 Å². The summed E-state index contributed by atoms with van der Waals surface area (Å²) in [4.78, 5) is 16.2. The van der Waals surface area contributed by atoms with Crippen molar-refractivity contribution in [2.45, 2.75) is 38.4 Å². The molecule has 0 aliphatic carbocycles. The first-order chi connectivity index (χ1) is 10.8. The molecule has 6 nitrogen and oxygen atoms in total. The van der Waals surface area contributed by atoms with Gasteiger partial charge >= 0.3 is 0 Å². The summed E-state index contributed by atoms with van der Waals surface area (Å²) >= 11 is 0. The van der Waals surface area contributed by atoms with Gasteiger partial charge in [0.1, 0.15) is 12.7 Å².